The van der Waals surface area contributed by atoms with Gasteiger partial charge in [-0.05, 0) is 13.3 Å². The smallest absolute Gasteiger partial charge is 0.355 e. The van der Waals surface area contributed by atoms with Gasteiger partial charge < -0.3 is 24.6 Å². The van der Waals surface area contributed by atoms with Crippen LogP contribution >= 0.6 is 0 Å². The Kier molecular flexibility index (Phi) is 5.28. The second kappa shape index (κ2) is 6.74. The van der Waals surface area contributed by atoms with Crippen molar-refractivity contribution in [2.24, 2.45) is 0 Å². The van der Waals surface area contributed by atoms with Crippen LogP contribution < -0.4 is 0 Å². The van der Waals surface area contributed by atoms with Gasteiger partial charge in [0.1, 0.15) is 22.5 Å². The molecule has 0 bridgehead atoms. The maximum absolute atomic E-state index is 12.0. The maximum atomic E-state index is 12.0. The Morgan fingerprint density at radius 1 is 0.909 bits per heavy atom. The normalized spacial score (nSPS) is 10.3. The van der Waals surface area contributed by atoms with E-state index in [1.807, 2.05) is 0 Å². The molecule has 0 unspecified atom stereocenters. The molecule has 0 radical (unpaired) electrons. The van der Waals surface area contributed by atoms with E-state index >= 15 is 0 Å². The fraction of sp³-hybridized carbons (Fsp3) is 0.385. The highest BCUT2D eigenvalue weighted by atomic mass is 16.5. The van der Waals surface area contributed by atoms with E-state index in [4.69, 9.17) is 9.84 Å². The van der Waals surface area contributed by atoms with Crippen molar-refractivity contribution >= 4 is 23.9 Å². The number of hydrogen-bond donors (Lipinski definition) is 3. The van der Waals surface area contributed by atoms with Crippen LogP contribution in [0.2, 0.25) is 0 Å². The van der Waals surface area contributed by atoms with Crippen LogP contribution in [0.4, 0.5) is 0 Å². The molecule has 0 aliphatic heterocycles. The molecular weight excluding hydrogens is 298 g/mol. The number of esters is 1. The number of ether oxygens (including phenoxy) is 1. The van der Waals surface area contributed by atoms with E-state index in [0.717, 1.165) is 4.57 Å². The lowest BCUT2D eigenvalue weighted by molar-refractivity contribution is 0.0481. The molecule has 3 N–H and O–H groups in total. The average molecular weight is 313 g/mol. The number of rotatable bonds is 7. The highest BCUT2D eigenvalue weighted by Gasteiger charge is 2.37. The van der Waals surface area contributed by atoms with Gasteiger partial charge in [0.05, 0.1) is 6.61 Å². The summed E-state index contributed by atoms with van der Waals surface area (Å²) in [7, 11) is 0. The fourth-order valence-corrected chi connectivity index (χ4v) is 2.05. The predicted octanol–water partition coefficient (Wildman–Crippen LogP) is 1.17. The SMILES string of the molecule is CCCOC(=O)c1c(C(=O)O)c(C(=O)O)c(C(=O)O)n1CC. The lowest BCUT2D eigenvalue weighted by Gasteiger charge is -2.09. The summed E-state index contributed by atoms with van der Waals surface area (Å²) in [6.07, 6.45) is 0.471. The molecule has 0 fully saturated rings. The first-order valence-corrected chi connectivity index (χ1v) is 6.41. The minimum absolute atomic E-state index is 0.00238. The van der Waals surface area contributed by atoms with Crippen molar-refractivity contribution in [3.8, 4) is 0 Å². The van der Waals surface area contributed by atoms with E-state index in [0.29, 0.717) is 6.42 Å². The molecule has 9 heteroatoms. The van der Waals surface area contributed by atoms with E-state index in [2.05, 4.69) is 0 Å². The van der Waals surface area contributed by atoms with Gasteiger partial charge in [0.15, 0.2) is 0 Å². The van der Waals surface area contributed by atoms with Crippen LogP contribution in [0.1, 0.15) is 62.0 Å². The third kappa shape index (κ3) is 2.92. The minimum Gasteiger partial charge on any atom is -0.478 e. The molecular formula is C13H15NO8. The Balaban J connectivity index is 3.76. The fourth-order valence-electron chi connectivity index (χ4n) is 2.05. The van der Waals surface area contributed by atoms with Gasteiger partial charge in [-0.1, -0.05) is 6.92 Å². The molecule has 1 aromatic heterocycles. The number of aromatic nitrogens is 1. The van der Waals surface area contributed by atoms with E-state index in [1.165, 1.54) is 6.92 Å². The molecule has 1 aromatic rings. The largest absolute Gasteiger partial charge is 0.478 e. The summed E-state index contributed by atoms with van der Waals surface area (Å²) in [5.41, 5.74) is -3.17. The lowest BCUT2D eigenvalue weighted by Crippen LogP contribution is -2.18. The zero-order valence-corrected chi connectivity index (χ0v) is 12.0. The number of nitrogens with zero attached hydrogens (tertiary/aromatic N) is 1. The van der Waals surface area contributed by atoms with Crippen molar-refractivity contribution in [1.82, 2.24) is 4.57 Å². The summed E-state index contributed by atoms with van der Waals surface area (Å²) >= 11 is 0. The van der Waals surface area contributed by atoms with Crippen LogP contribution in [0, 0.1) is 0 Å². The summed E-state index contributed by atoms with van der Waals surface area (Å²) in [5, 5.41) is 27.5. The molecule has 0 aliphatic carbocycles. The van der Waals surface area contributed by atoms with Crippen LogP contribution in [0.25, 0.3) is 0 Å². The van der Waals surface area contributed by atoms with Gasteiger partial charge >= 0.3 is 23.9 Å². The van der Waals surface area contributed by atoms with E-state index in [-0.39, 0.29) is 13.2 Å². The Morgan fingerprint density at radius 2 is 1.41 bits per heavy atom. The number of carboxylic acids is 3. The first-order valence-electron chi connectivity index (χ1n) is 6.41. The molecule has 0 aromatic carbocycles. The van der Waals surface area contributed by atoms with E-state index in [9.17, 15) is 29.4 Å². The molecule has 0 atom stereocenters. The molecule has 0 saturated heterocycles. The Hall–Kier alpha value is -2.84. The summed E-state index contributed by atoms with van der Waals surface area (Å²) in [4.78, 5) is 46.0. The van der Waals surface area contributed by atoms with Crippen molar-refractivity contribution in [3.05, 3.63) is 22.5 Å². The van der Waals surface area contributed by atoms with E-state index in [1.54, 1.807) is 6.92 Å². The van der Waals surface area contributed by atoms with Gasteiger partial charge in [-0.25, -0.2) is 19.2 Å². The van der Waals surface area contributed by atoms with Gasteiger partial charge in [0, 0.05) is 6.54 Å². The Morgan fingerprint density at radius 3 is 1.77 bits per heavy atom. The Labute approximate surface area is 124 Å². The van der Waals surface area contributed by atoms with Crippen LogP contribution in [0.3, 0.4) is 0 Å². The molecule has 0 saturated carbocycles. The van der Waals surface area contributed by atoms with Gasteiger partial charge in [-0.15, -0.1) is 0 Å². The molecule has 22 heavy (non-hydrogen) atoms. The first kappa shape index (κ1) is 17.2. The zero-order chi connectivity index (χ0) is 17.0. The number of carbonyl (C=O) groups excluding carboxylic acids is 1. The number of carbonyl (C=O) groups is 4. The Bertz CT molecular complexity index is 643. The maximum Gasteiger partial charge on any atom is 0.355 e. The third-order valence-electron chi connectivity index (χ3n) is 2.84. The highest BCUT2D eigenvalue weighted by molar-refractivity contribution is 6.14. The monoisotopic (exact) mass is 313 g/mol. The topological polar surface area (TPSA) is 143 Å². The summed E-state index contributed by atoms with van der Waals surface area (Å²) < 4.78 is 5.66. The second-order valence-corrected chi connectivity index (χ2v) is 4.24. The molecule has 1 heterocycles. The summed E-state index contributed by atoms with van der Waals surface area (Å²) in [5.74, 6) is -6.17. The second-order valence-electron chi connectivity index (χ2n) is 4.24. The van der Waals surface area contributed by atoms with Crippen LogP contribution in [0.5, 0.6) is 0 Å². The van der Waals surface area contributed by atoms with Gasteiger partial charge in [-0.3, -0.25) is 0 Å². The quantitative estimate of drug-likeness (QED) is 0.636. The first-order chi connectivity index (χ1) is 10.3. The summed E-state index contributed by atoms with van der Waals surface area (Å²) in [6, 6.07) is 0. The standard InChI is InChI=1S/C13H15NO8/c1-3-5-22-13(21)9-7(11(17)18)6(10(15)16)8(12(19)20)14(9)4-2/h3-5H2,1-2H3,(H,15,16)(H,17,18)(H,19,20). The number of hydrogen-bond acceptors (Lipinski definition) is 5. The summed E-state index contributed by atoms with van der Waals surface area (Å²) in [6.45, 7) is 3.07. The predicted molar refractivity (Wildman–Crippen MR) is 71.6 cm³/mol. The third-order valence-corrected chi connectivity index (χ3v) is 2.84. The molecule has 0 spiro atoms. The van der Waals surface area contributed by atoms with Crippen molar-refractivity contribution in [3.63, 3.8) is 0 Å². The molecule has 120 valence electrons. The lowest BCUT2D eigenvalue weighted by atomic mass is 10.1. The van der Waals surface area contributed by atoms with Crippen molar-refractivity contribution in [2.45, 2.75) is 26.8 Å². The van der Waals surface area contributed by atoms with Gasteiger partial charge in [0.2, 0.25) is 0 Å². The van der Waals surface area contributed by atoms with Crippen LogP contribution in [-0.4, -0.2) is 50.4 Å². The minimum atomic E-state index is -1.74. The molecule has 0 aliphatic rings. The van der Waals surface area contributed by atoms with E-state index < -0.39 is 46.4 Å². The number of aromatic carboxylic acids is 3. The molecule has 0 amide bonds. The molecule has 1 rings (SSSR count). The van der Waals surface area contributed by atoms with Crippen molar-refractivity contribution in [2.75, 3.05) is 6.61 Å². The highest BCUT2D eigenvalue weighted by Crippen LogP contribution is 2.25. The van der Waals surface area contributed by atoms with Crippen LogP contribution in [0.15, 0.2) is 0 Å². The number of carboxylic acid groups (broad SMARTS) is 3. The van der Waals surface area contributed by atoms with Crippen molar-refractivity contribution in [1.29, 1.82) is 0 Å². The zero-order valence-electron chi connectivity index (χ0n) is 12.0. The van der Waals surface area contributed by atoms with Gasteiger partial charge in [0.25, 0.3) is 0 Å². The van der Waals surface area contributed by atoms with Crippen molar-refractivity contribution < 1.29 is 39.2 Å². The van der Waals surface area contributed by atoms with Gasteiger partial charge in [-0.2, -0.15) is 0 Å². The average Bonchev–Trinajstić information content (AvgIpc) is 2.80. The molecule has 9 nitrogen and oxygen atoms in total. The van der Waals surface area contributed by atoms with Crippen LogP contribution in [-0.2, 0) is 11.3 Å².